The molecule has 1 aromatic carbocycles. The summed E-state index contributed by atoms with van der Waals surface area (Å²) in [5.41, 5.74) is 6.34. The van der Waals surface area contributed by atoms with Gasteiger partial charge >= 0.3 is 0 Å². The van der Waals surface area contributed by atoms with Crippen molar-refractivity contribution in [2.45, 2.75) is 31.2 Å². The van der Waals surface area contributed by atoms with Crippen LogP contribution in [-0.2, 0) is 4.79 Å². The third-order valence-corrected chi connectivity index (χ3v) is 4.66. The number of hydrogen-bond acceptors (Lipinski definition) is 2. The summed E-state index contributed by atoms with van der Waals surface area (Å²) in [6, 6.07) is 4.88. The van der Waals surface area contributed by atoms with Crippen molar-refractivity contribution in [2.75, 3.05) is 13.1 Å². The highest BCUT2D eigenvalue weighted by Gasteiger charge is 2.48. The van der Waals surface area contributed by atoms with Crippen LogP contribution in [0.3, 0.4) is 0 Å². The Morgan fingerprint density at radius 3 is 2.62 bits per heavy atom. The Hall–Kier alpha value is -0.840. The highest BCUT2D eigenvalue weighted by atomic mass is 35.5. The molecular formula is C15H19Cl2FN2O. The highest BCUT2D eigenvalue weighted by molar-refractivity contribution is 6.31. The zero-order valence-electron chi connectivity index (χ0n) is 11.6. The van der Waals surface area contributed by atoms with Crippen LogP contribution in [0.4, 0.5) is 4.39 Å². The van der Waals surface area contributed by atoms with Crippen molar-refractivity contribution in [3.8, 4) is 0 Å². The molecule has 1 aliphatic heterocycles. The van der Waals surface area contributed by atoms with E-state index in [-0.39, 0.29) is 42.0 Å². The first-order valence-electron chi connectivity index (χ1n) is 7.06. The smallest absolute Gasteiger partial charge is 0.226 e. The number of halogens is 3. The van der Waals surface area contributed by atoms with Crippen LogP contribution in [0, 0.1) is 11.7 Å². The van der Waals surface area contributed by atoms with Gasteiger partial charge in [-0.1, -0.05) is 17.7 Å². The molecule has 1 amide bonds. The molecule has 0 radical (unpaired) electrons. The van der Waals surface area contributed by atoms with Gasteiger partial charge in [-0.25, -0.2) is 4.39 Å². The molecule has 2 N–H and O–H groups in total. The van der Waals surface area contributed by atoms with Crippen LogP contribution in [0.1, 0.15) is 30.7 Å². The Labute approximate surface area is 135 Å². The quantitative estimate of drug-likeness (QED) is 0.904. The molecule has 6 heteroatoms. The van der Waals surface area contributed by atoms with E-state index in [1.807, 2.05) is 4.90 Å². The lowest BCUT2D eigenvalue weighted by molar-refractivity contribution is -0.133. The molecule has 1 saturated carbocycles. The minimum atomic E-state index is -0.307. The molecular weight excluding hydrogens is 314 g/mol. The number of benzene rings is 1. The number of piperidine rings is 1. The maximum Gasteiger partial charge on any atom is 0.226 e. The van der Waals surface area contributed by atoms with Gasteiger partial charge in [0.1, 0.15) is 5.82 Å². The third kappa shape index (κ3) is 3.33. The van der Waals surface area contributed by atoms with Gasteiger partial charge in [-0.3, -0.25) is 4.79 Å². The van der Waals surface area contributed by atoms with Gasteiger partial charge in [-0.2, -0.15) is 0 Å². The molecule has 116 valence electrons. The van der Waals surface area contributed by atoms with E-state index >= 15 is 0 Å². The van der Waals surface area contributed by atoms with Crippen molar-refractivity contribution >= 4 is 29.9 Å². The van der Waals surface area contributed by atoms with Gasteiger partial charge in [0.05, 0.1) is 0 Å². The molecule has 1 heterocycles. The van der Waals surface area contributed by atoms with Crippen LogP contribution < -0.4 is 5.73 Å². The summed E-state index contributed by atoms with van der Waals surface area (Å²) in [4.78, 5) is 14.3. The summed E-state index contributed by atoms with van der Waals surface area (Å²) in [5, 5.41) is 0.422. The summed E-state index contributed by atoms with van der Waals surface area (Å²) in [5.74, 6) is -0.356. The minimum Gasteiger partial charge on any atom is -0.342 e. The molecule has 2 atom stereocenters. The average molecular weight is 333 g/mol. The molecule has 2 unspecified atom stereocenters. The van der Waals surface area contributed by atoms with E-state index in [2.05, 4.69) is 0 Å². The van der Waals surface area contributed by atoms with E-state index in [0.29, 0.717) is 30.1 Å². The largest absolute Gasteiger partial charge is 0.342 e. The second kappa shape index (κ2) is 6.51. The van der Waals surface area contributed by atoms with E-state index in [9.17, 15) is 9.18 Å². The number of hydrogen-bond donors (Lipinski definition) is 1. The molecule has 1 aromatic rings. The van der Waals surface area contributed by atoms with Gasteiger partial charge in [-0.15, -0.1) is 12.4 Å². The average Bonchev–Trinajstić information content (AvgIpc) is 3.19. The molecule has 0 bridgehead atoms. The minimum absolute atomic E-state index is 0. The molecule has 1 aliphatic carbocycles. The highest BCUT2D eigenvalue weighted by Crippen LogP contribution is 2.51. The standard InChI is InChI=1S/C15H18ClFN2O.ClH/c16-12-2-1-3-13(17)14(12)10-8-11(10)15(20)19-6-4-9(18)5-7-19;/h1-3,9-11H,4-8,18H2;1H. The summed E-state index contributed by atoms with van der Waals surface area (Å²) in [7, 11) is 0. The van der Waals surface area contributed by atoms with Crippen molar-refractivity contribution in [3.05, 3.63) is 34.6 Å². The van der Waals surface area contributed by atoms with Gasteiger partial charge in [0.15, 0.2) is 0 Å². The lowest BCUT2D eigenvalue weighted by Crippen LogP contribution is -2.43. The van der Waals surface area contributed by atoms with Gasteiger partial charge in [0, 0.05) is 41.6 Å². The number of rotatable bonds is 2. The van der Waals surface area contributed by atoms with E-state index in [4.69, 9.17) is 17.3 Å². The molecule has 1 saturated heterocycles. The molecule has 0 aromatic heterocycles. The van der Waals surface area contributed by atoms with Crippen LogP contribution in [0.25, 0.3) is 0 Å². The predicted molar refractivity (Wildman–Crippen MR) is 83.3 cm³/mol. The van der Waals surface area contributed by atoms with Crippen molar-refractivity contribution in [1.29, 1.82) is 0 Å². The van der Waals surface area contributed by atoms with Gasteiger partial charge in [-0.05, 0) is 31.4 Å². The van der Waals surface area contributed by atoms with Gasteiger partial charge in [0.25, 0.3) is 0 Å². The first-order valence-corrected chi connectivity index (χ1v) is 7.44. The molecule has 21 heavy (non-hydrogen) atoms. The van der Waals surface area contributed by atoms with Crippen molar-refractivity contribution in [1.82, 2.24) is 4.90 Å². The number of carbonyl (C=O) groups excluding carboxylic acids is 1. The number of nitrogens with two attached hydrogens (primary N) is 1. The number of amides is 1. The Kier molecular flexibility index (Phi) is 5.12. The van der Waals surface area contributed by atoms with E-state index in [1.165, 1.54) is 6.07 Å². The zero-order valence-corrected chi connectivity index (χ0v) is 13.2. The van der Waals surface area contributed by atoms with Gasteiger partial charge in [0.2, 0.25) is 5.91 Å². The number of likely N-dealkylation sites (tertiary alicyclic amines) is 1. The topological polar surface area (TPSA) is 46.3 Å². The SMILES string of the molecule is Cl.NC1CCN(C(=O)C2CC2c2c(F)cccc2Cl)CC1. The number of carbonyl (C=O) groups is 1. The van der Waals surface area contributed by atoms with Gasteiger partial charge < -0.3 is 10.6 Å². The Bertz CT molecular complexity index is 512. The summed E-state index contributed by atoms with van der Waals surface area (Å²) in [6.45, 7) is 1.43. The normalized spacial score (nSPS) is 25.4. The fourth-order valence-electron chi connectivity index (χ4n) is 3.01. The van der Waals surface area contributed by atoms with Crippen LogP contribution in [0.2, 0.25) is 5.02 Å². The molecule has 0 spiro atoms. The Balaban J connectivity index is 0.00000161. The Morgan fingerprint density at radius 1 is 1.33 bits per heavy atom. The van der Waals surface area contributed by atoms with E-state index in [1.54, 1.807) is 12.1 Å². The predicted octanol–water partition coefficient (Wildman–Crippen LogP) is 2.95. The zero-order chi connectivity index (χ0) is 14.3. The molecule has 2 fully saturated rings. The maximum absolute atomic E-state index is 13.8. The maximum atomic E-state index is 13.8. The van der Waals surface area contributed by atoms with Crippen LogP contribution in [0.5, 0.6) is 0 Å². The molecule has 3 nitrogen and oxygen atoms in total. The monoisotopic (exact) mass is 332 g/mol. The fourth-order valence-corrected chi connectivity index (χ4v) is 3.31. The second-order valence-corrected chi connectivity index (χ2v) is 6.15. The van der Waals surface area contributed by atoms with E-state index in [0.717, 1.165) is 12.8 Å². The summed E-state index contributed by atoms with van der Waals surface area (Å²) in [6.07, 6.45) is 2.40. The van der Waals surface area contributed by atoms with Crippen LogP contribution in [-0.4, -0.2) is 29.9 Å². The van der Waals surface area contributed by atoms with Crippen molar-refractivity contribution in [3.63, 3.8) is 0 Å². The molecule has 3 rings (SSSR count). The van der Waals surface area contributed by atoms with E-state index < -0.39 is 0 Å². The lowest BCUT2D eigenvalue weighted by Gasteiger charge is -2.30. The van der Waals surface area contributed by atoms with Crippen molar-refractivity contribution < 1.29 is 9.18 Å². The first-order chi connectivity index (χ1) is 9.58. The number of nitrogens with zero attached hydrogens (tertiary/aromatic N) is 1. The fraction of sp³-hybridized carbons (Fsp3) is 0.533. The van der Waals surface area contributed by atoms with Crippen LogP contribution >= 0.6 is 24.0 Å². The Morgan fingerprint density at radius 2 is 2.00 bits per heavy atom. The third-order valence-electron chi connectivity index (χ3n) is 4.33. The lowest BCUT2D eigenvalue weighted by atomic mass is 10.0. The summed E-state index contributed by atoms with van der Waals surface area (Å²) < 4.78 is 13.8. The molecule has 2 aliphatic rings. The summed E-state index contributed by atoms with van der Waals surface area (Å²) >= 11 is 6.06. The second-order valence-electron chi connectivity index (χ2n) is 5.75. The van der Waals surface area contributed by atoms with Crippen LogP contribution in [0.15, 0.2) is 18.2 Å². The first kappa shape index (κ1) is 16.5. The van der Waals surface area contributed by atoms with Crippen molar-refractivity contribution in [2.24, 2.45) is 11.7 Å².